The normalized spacial score (nSPS) is 30.1. The maximum absolute atomic E-state index is 12.3. The molecular formula is C13H19N3OS. The topological polar surface area (TPSA) is 54.0 Å². The summed E-state index contributed by atoms with van der Waals surface area (Å²) in [6, 6.07) is 0. The summed E-state index contributed by atoms with van der Waals surface area (Å²) in [7, 11) is 0. The van der Waals surface area contributed by atoms with Gasteiger partial charge >= 0.3 is 0 Å². The van der Waals surface area contributed by atoms with Crippen molar-refractivity contribution in [3.05, 3.63) is 16.1 Å². The lowest BCUT2D eigenvalue weighted by molar-refractivity contribution is -0.124. The molecule has 5 heteroatoms. The summed E-state index contributed by atoms with van der Waals surface area (Å²) in [5.41, 5.74) is 0.658. The smallest absolute Gasteiger partial charge is 0.224 e. The fraction of sp³-hybridized carbons (Fsp3) is 0.692. The monoisotopic (exact) mass is 265 g/mol. The van der Waals surface area contributed by atoms with E-state index in [1.807, 2.05) is 26.2 Å². The SMILES string of the molecule is Cc1csc(C(C)(C)NC(=O)C2[C@H]3CNC[C@@H]23)n1. The summed E-state index contributed by atoms with van der Waals surface area (Å²) in [5, 5.41) is 9.48. The summed E-state index contributed by atoms with van der Waals surface area (Å²) in [5.74, 6) is 1.56. The van der Waals surface area contributed by atoms with E-state index in [2.05, 4.69) is 15.6 Å². The van der Waals surface area contributed by atoms with Gasteiger partial charge in [-0.3, -0.25) is 4.79 Å². The van der Waals surface area contributed by atoms with Crippen LogP contribution in [0.15, 0.2) is 5.38 Å². The van der Waals surface area contributed by atoms with E-state index in [4.69, 9.17) is 0 Å². The highest BCUT2D eigenvalue weighted by Gasteiger charge is 2.57. The van der Waals surface area contributed by atoms with Gasteiger partial charge in [0.25, 0.3) is 0 Å². The standard InChI is InChI=1S/C13H19N3OS/c1-7-6-18-12(15-7)13(2,3)16-11(17)10-8-4-14-5-9(8)10/h6,8-10,14H,4-5H2,1-3H3,(H,16,17)/t8-,9+,10?. The van der Waals surface area contributed by atoms with Gasteiger partial charge in [-0.05, 0) is 45.7 Å². The molecule has 1 amide bonds. The summed E-state index contributed by atoms with van der Waals surface area (Å²) in [6.45, 7) is 8.03. The molecule has 4 nitrogen and oxygen atoms in total. The molecule has 1 aromatic heterocycles. The minimum Gasteiger partial charge on any atom is -0.344 e. The van der Waals surface area contributed by atoms with Gasteiger partial charge in [0.15, 0.2) is 0 Å². The molecule has 2 heterocycles. The van der Waals surface area contributed by atoms with Crippen LogP contribution < -0.4 is 10.6 Å². The molecule has 0 aromatic carbocycles. The van der Waals surface area contributed by atoms with E-state index in [0.717, 1.165) is 23.8 Å². The molecule has 3 rings (SSSR count). The highest BCUT2D eigenvalue weighted by Crippen LogP contribution is 2.49. The van der Waals surface area contributed by atoms with E-state index >= 15 is 0 Å². The van der Waals surface area contributed by atoms with Crippen LogP contribution in [0.5, 0.6) is 0 Å². The minimum absolute atomic E-state index is 0.198. The number of piperidine rings is 1. The minimum atomic E-state index is -0.361. The van der Waals surface area contributed by atoms with Crippen molar-refractivity contribution in [1.82, 2.24) is 15.6 Å². The second kappa shape index (κ2) is 4.03. The zero-order chi connectivity index (χ0) is 12.9. The fourth-order valence-corrected chi connectivity index (χ4v) is 3.77. The highest BCUT2D eigenvalue weighted by molar-refractivity contribution is 7.09. The zero-order valence-corrected chi connectivity index (χ0v) is 11.8. The van der Waals surface area contributed by atoms with Crippen LogP contribution in [-0.4, -0.2) is 24.0 Å². The first-order valence-corrected chi connectivity index (χ1v) is 7.32. The Hall–Kier alpha value is -0.940. The van der Waals surface area contributed by atoms with Gasteiger partial charge in [0, 0.05) is 17.0 Å². The van der Waals surface area contributed by atoms with Crippen LogP contribution >= 0.6 is 11.3 Å². The van der Waals surface area contributed by atoms with Crippen LogP contribution in [0.1, 0.15) is 24.5 Å². The van der Waals surface area contributed by atoms with Gasteiger partial charge in [-0.25, -0.2) is 4.98 Å². The van der Waals surface area contributed by atoms with Gasteiger partial charge in [0.1, 0.15) is 5.01 Å². The molecule has 2 fully saturated rings. The zero-order valence-electron chi connectivity index (χ0n) is 11.0. The molecule has 0 spiro atoms. The number of carbonyl (C=O) groups is 1. The van der Waals surface area contributed by atoms with Gasteiger partial charge in [0.05, 0.1) is 5.54 Å². The number of rotatable bonds is 3. The maximum Gasteiger partial charge on any atom is 0.224 e. The number of fused-ring (bicyclic) bond motifs is 1. The Morgan fingerprint density at radius 2 is 2.17 bits per heavy atom. The number of thiazole rings is 1. The van der Waals surface area contributed by atoms with Crippen LogP contribution in [-0.2, 0) is 10.3 Å². The van der Waals surface area contributed by atoms with Gasteiger partial charge in [-0.2, -0.15) is 0 Å². The van der Waals surface area contributed by atoms with Crippen LogP contribution in [0.25, 0.3) is 0 Å². The van der Waals surface area contributed by atoms with Gasteiger partial charge in [0.2, 0.25) is 5.91 Å². The highest BCUT2D eigenvalue weighted by atomic mass is 32.1. The van der Waals surface area contributed by atoms with E-state index in [1.54, 1.807) is 11.3 Å². The van der Waals surface area contributed by atoms with Gasteiger partial charge < -0.3 is 10.6 Å². The first-order valence-electron chi connectivity index (χ1n) is 6.44. The summed E-state index contributed by atoms with van der Waals surface area (Å²) in [4.78, 5) is 16.7. The lowest BCUT2D eigenvalue weighted by Crippen LogP contribution is -2.43. The van der Waals surface area contributed by atoms with Crippen molar-refractivity contribution in [2.45, 2.75) is 26.3 Å². The van der Waals surface area contributed by atoms with E-state index in [9.17, 15) is 4.79 Å². The first-order chi connectivity index (χ1) is 8.49. The van der Waals surface area contributed by atoms with Crippen molar-refractivity contribution >= 4 is 17.2 Å². The number of amides is 1. The fourth-order valence-electron chi connectivity index (χ4n) is 2.89. The predicted octanol–water partition coefficient (Wildman–Crippen LogP) is 1.27. The summed E-state index contributed by atoms with van der Waals surface area (Å²) >= 11 is 1.61. The molecule has 1 unspecified atom stereocenters. The average Bonchev–Trinajstić information content (AvgIpc) is 2.68. The molecule has 3 atom stereocenters. The molecule has 1 aliphatic carbocycles. The molecule has 18 heavy (non-hydrogen) atoms. The number of carbonyl (C=O) groups excluding carboxylic acids is 1. The number of aromatic nitrogens is 1. The van der Waals surface area contributed by atoms with Crippen molar-refractivity contribution in [3.63, 3.8) is 0 Å². The third-order valence-corrected chi connectivity index (χ3v) is 5.27. The third-order valence-electron chi connectivity index (χ3n) is 3.98. The van der Waals surface area contributed by atoms with E-state index in [1.165, 1.54) is 0 Å². The van der Waals surface area contributed by atoms with Crippen LogP contribution in [0.3, 0.4) is 0 Å². The Balaban J connectivity index is 1.67. The lowest BCUT2D eigenvalue weighted by atomic mass is 10.1. The first kappa shape index (κ1) is 12.1. The number of nitrogens with one attached hydrogen (secondary N) is 2. The van der Waals surface area contributed by atoms with Crippen LogP contribution in [0.2, 0.25) is 0 Å². The second-order valence-corrected chi connectivity index (χ2v) is 6.78. The largest absolute Gasteiger partial charge is 0.344 e. The molecule has 0 radical (unpaired) electrons. The van der Waals surface area contributed by atoms with E-state index in [0.29, 0.717) is 11.8 Å². The Kier molecular flexibility index (Phi) is 2.71. The second-order valence-electron chi connectivity index (χ2n) is 5.92. The Bertz CT molecular complexity index is 472. The van der Waals surface area contributed by atoms with E-state index in [-0.39, 0.29) is 17.4 Å². The van der Waals surface area contributed by atoms with Crippen molar-refractivity contribution < 1.29 is 4.79 Å². The van der Waals surface area contributed by atoms with Gasteiger partial charge in [-0.1, -0.05) is 0 Å². The Morgan fingerprint density at radius 1 is 1.50 bits per heavy atom. The van der Waals surface area contributed by atoms with Crippen molar-refractivity contribution in [3.8, 4) is 0 Å². The summed E-state index contributed by atoms with van der Waals surface area (Å²) < 4.78 is 0. The number of hydrogen-bond donors (Lipinski definition) is 2. The molecule has 1 aliphatic heterocycles. The number of aryl methyl sites for hydroxylation is 1. The van der Waals surface area contributed by atoms with Crippen molar-refractivity contribution in [2.75, 3.05) is 13.1 Å². The number of nitrogens with zero attached hydrogens (tertiary/aromatic N) is 1. The third kappa shape index (κ3) is 1.95. The predicted molar refractivity (Wildman–Crippen MR) is 71.4 cm³/mol. The van der Waals surface area contributed by atoms with Gasteiger partial charge in [-0.15, -0.1) is 11.3 Å². The molecule has 2 aliphatic rings. The molecule has 98 valence electrons. The van der Waals surface area contributed by atoms with E-state index < -0.39 is 0 Å². The molecular weight excluding hydrogens is 246 g/mol. The summed E-state index contributed by atoms with van der Waals surface area (Å²) in [6.07, 6.45) is 0. The molecule has 1 saturated heterocycles. The quantitative estimate of drug-likeness (QED) is 0.865. The molecule has 0 bridgehead atoms. The van der Waals surface area contributed by atoms with Crippen LogP contribution in [0.4, 0.5) is 0 Å². The Labute approximate surface area is 111 Å². The Morgan fingerprint density at radius 3 is 2.72 bits per heavy atom. The average molecular weight is 265 g/mol. The molecule has 1 saturated carbocycles. The number of hydrogen-bond acceptors (Lipinski definition) is 4. The molecule has 1 aromatic rings. The lowest BCUT2D eigenvalue weighted by Gasteiger charge is -2.24. The van der Waals surface area contributed by atoms with Crippen molar-refractivity contribution in [1.29, 1.82) is 0 Å². The maximum atomic E-state index is 12.3. The van der Waals surface area contributed by atoms with Crippen LogP contribution in [0, 0.1) is 24.7 Å². The molecule has 2 N–H and O–H groups in total. The van der Waals surface area contributed by atoms with Crippen molar-refractivity contribution in [2.24, 2.45) is 17.8 Å².